The second-order valence-electron chi connectivity index (χ2n) is 9.65. The smallest absolute Gasteiger partial charge is 0.121 e. The summed E-state index contributed by atoms with van der Waals surface area (Å²) >= 11 is 0. The lowest BCUT2D eigenvalue weighted by Gasteiger charge is -2.38. The van der Waals surface area contributed by atoms with Crippen molar-refractivity contribution in [1.82, 2.24) is 0 Å². The number of aliphatic imine (C=N–C) groups is 1. The van der Waals surface area contributed by atoms with Crippen LogP contribution in [-0.4, -0.2) is 37.2 Å². The van der Waals surface area contributed by atoms with Crippen molar-refractivity contribution in [3.8, 4) is 0 Å². The molecular weight excluding hydrogens is 486 g/mol. The van der Waals surface area contributed by atoms with Crippen LogP contribution in [-0.2, 0) is 45.4 Å². The number of ether oxygens (including phenoxy) is 4. The molecule has 0 aromatic heterocycles. The minimum atomic E-state index is -0.361. The zero-order valence-electron chi connectivity index (χ0n) is 22.0. The van der Waals surface area contributed by atoms with Gasteiger partial charge in [0.05, 0.1) is 33.0 Å². The summed E-state index contributed by atoms with van der Waals surface area (Å²) in [5.41, 5.74) is 4.42. The van der Waals surface area contributed by atoms with E-state index in [1.54, 1.807) is 0 Å². The van der Waals surface area contributed by atoms with Gasteiger partial charge in [0, 0.05) is 6.21 Å². The van der Waals surface area contributed by atoms with Gasteiger partial charge in [0.1, 0.15) is 24.4 Å². The Balaban J connectivity index is 1.34. The third-order valence-corrected chi connectivity index (χ3v) is 6.71. The van der Waals surface area contributed by atoms with Gasteiger partial charge in [-0.2, -0.15) is 0 Å². The molecule has 4 atom stereocenters. The molecule has 1 aliphatic heterocycles. The Bertz CT molecular complexity index is 1250. The molecule has 4 aromatic carbocycles. The lowest BCUT2D eigenvalue weighted by molar-refractivity contribution is -0.149. The van der Waals surface area contributed by atoms with Crippen LogP contribution < -0.4 is 0 Å². The molecule has 5 nitrogen and oxygen atoms in total. The van der Waals surface area contributed by atoms with Crippen LogP contribution in [0.1, 0.15) is 22.3 Å². The molecule has 0 fully saturated rings. The second-order valence-corrected chi connectivity index (χ2v) is 9.65. The Hall–Kier alpha value is -3.61. The van der Waals surface area contributed by atoms with Crippen molar-refractivity contribution in [2.75, 3.05) is 6.61 Å². The van der Waals surface area contributed by atoms with Crippen LogP contribution in [0.3, 0.4) is 0 Å². The van der Waals surface area contributed by atoms with E-state index in [0.29, 0.717) is 33.0 Å². The highest BCUT2D eigenvalue weighted by atomic mass is 16.6. The summed E-state index contributed by atoms with van der Waals surface area (Å²) in [7, 11) is 0. The Morgan fingerprint density at radius 3 is 1.36 bits per heavy atom. The molecule has 0 unspecified atom stereocenters. The van der Waals surface area contributed by atoms with Crippen LogP contribution in [0.15, 0.2) is 126 Å². The molecule has 0 bridgehead atoms. The summed E-state index contributed by atoms with van der Waals surface area (Å²) in [6.07, 6.45) is 0.799. The molecule has 0 saturated heterocycles. The second kappa shape index (κ2) is 14.5. The minimum absolute atomic E-state index is 0.227. The van der Waals surface area contributed by atoms with E-state index in [1.807, 2.05) is 79.0 Å². The lowest BCUT2D eigenvalue weighted by atomic mass is 9.97. The van der Waals surface area contributed by atoms with Crippen LogP contribution in [0.5, 0.6) is 0 Å². The molecule has 0 amide bonds. The van der Waals surface area contributed by atoms with Crippen molar-refractivity contribution < 1.29 is 18.9 Å². The summed E-state index contributed by atoms with van der Waals surface area (Å²) < 4.78 is 25.6. The molecule has 0 N–H and O–H groups in total. The summed E-state index contributed by atoms with van der Waals surface area (Å²) in [6.45, 7) is 2.30. The van der Waals surface area contributed by atoms with Gasteiger partial charge in [0.15, 0.2) is 0 Å². The number of rotatable bonds is 13. The van der Waals surface area contributed by atoms with Crippen molar-refractivity contribution in [3.63, 3.8) is 0 Å². The van der Waals surface area contributed by atoms with Crippen molar-refractivity contribution in [2.24, 2.45) is 4.99 Å². The van der Waals surface area contributed by atoms with E-state index in [1.165, 1.54) is 0 Å². The number of hydrogen-bond donors (Lipinski definition) is 0. The van der Waals surface area contributed by atoms with Crippen molar-refractivity contribution in [2.45, 2.75) is 50.8 Å². The van der Waals surface area contributed by atoms with E-state index in [-0.39, 0.29) is 24.4 Å². The molecule has 39 heavy (non-hydrogen) atoms. The molecule has 0 saturated carbocycles. The molecule has 200 valence electrons. The van der Waals surface area contributed by atoms with Crippen LogP contribution in [0.25, 0.3) is 0 Å². The van der Waals surface area contributed by atoms with Gasteiger partial charge >= 0.3 is 0 Å². The predicted octanol–water partition coefficient (Wildman–Crippen LogP) is 6.41. The quantitative estimate of drug-likeness (QED) is 0.204. The topological polar surface area (TPSA) is 49.3 Å². The van der Waals surface area contributed by atoms with Crippen molar-refractivity contribution >= 4 is 6.21 Å². The first kappa shape index (κ1) is 27.0. The van der Waals surface area contributed by atoms with Gasteiger partial charge in [-0.3, -0.25) is 4.99 Å². The molecular formula is C34H35NO4. The van der Waals surface area contributed by atoms with Crippen LogP contribution in [0.2, 0.25) is 0 Å². The van der Waals surface area contributed by atoms with Gasteiger partial charge in [0.25, 0.3) is 0 Å². The summed E-state index contributed by atoms with van der Waals surface area (Å²) in [4.78, 5) is 4.87. The maximum atomic E-state index is 6.57. The monoisotopic (exact) mass is 521 g/mol. The van der Waals surface area contributed by atoms with Gasteiger partial charge in [-0.1, -0.05) is 121 Å². The molecule has 5 rings (SSSR count). The Morgan fingerprint density at radius 2 is 0.872 bits per heavy atom. The Labute approximate surface area is 231 Å². The number of benzene rings is 4. The van der Waals surface area contributed by atoms with E-state index >= 15 is 0 Å². The maximum Gasteiger partial charge on any atom is 0.121 e. The first-order chi connectivity index (χ1) is 19.3. The van der Waals surface area contributed by atoms with E-state index in [2.05, 4.69) is 48.5 Å². The van der Waals surface area contributed by atoms with Gasteiger partial charge in [-0.05, 0) is 22.3 Å². The van der Waals surface area contributed by atoms with Crippen LogP contribution in [0, 0.1) is 0 Å². The predicted molar refractivity (Wildman–Crippen MR) is 153 cm³/mol. The normalized spacial score (nSPS) is 20.6. The van der Waals surface area contributed by atoms with Crippen molar-refractivity contribution in [3.05, 3.63) is 144 Å². The molecule has 4 aromatic rings. The van der Waals surface area contributed by atoms with E-state index < -0.39 is 0 Å². The standard InChI is InChI=1S/C34H35NO4/c1-5-13-27(14-6-1)22-36-26-31-33(38-24-29-17-9-3-10-18-29)34(39-25-30-19-11-4-12-20-30)32(21-35-31)37-23-28-15-7-2-8-16-28/h1-21,31-34H,22-26H2/t31-,32-,33+,34+/m0/s1. The van der Waals surface area contributed by atoms with E-state index in [9.17, 15) is 0 Å². The number of nitrogens with zero attached hydrogens (tertiary/aromatic N) is 1. The molecule has 0 radical (unpaired) electrons. The summed E-state index contributed by atoms with van der Waals surface area (Å²) in [6, 6.07) is 40.5. The molecule has 0 aliphatic carbocycles. The van der Waals surface area contributed by atoms with Gasteiger partial charge in [-0.25, -0.2) is 0 Å². The van der Waals surface area contributed by atoms with Crippen molar-refractivity contribution in [1.29, 1.82) is 0 Å². The largest absolute Gasteiger partial charge is 0.374 e. The highest BCUT2D eigenvalue weighted by Gasteiger charge is 2.40. The van der Waals surface area contributed by atoms with E-state index in [0.717, 1.165) is 22.3 Å². The summed E-state index contributed by atoms with van der Waals surface area (Å²) in [5, 5.41) is 0. The fourth-order valence-electron chi connectivity index (χ4n) is 4.61. The summed E-state index contributed by atoms with van der Waals surface area (Å²) in [5.74, 6) is 0. The first-order valence-electron chi connectivity index (χ1n) is 13.5. The highest BCUT2D eigenvalue weighted by Crippen LogP contribution is 2.25. The van der Waals surface area contributed by atoms with Crippen LogP contribution >= 0.6 is 0 Å². The average molecular weight is 522 g/mol. The zero-order chi connectivity index (χ0) is 26.5. The first-order valence-corrected chi connectivity index (χ1v) is 13.5. The Kier molecular flexibility index (Phi) is 10.0. The molecule has 0 spiro atoms. The fourth-order valence-corrected chi connectivity index (χ4v) is 4.61. The zero-order valence-corrected chi connectivity index (χ0v) is 22.0. The molecule has 5 heteroatoms. The maximum absolute atomic E-state index is 6.57. The average Bonchev–Trinajstić information content (AvgIpc) is 3.00. The number of hydrogen-bond acceptors (Lipinski definition) is 5. The SMILES string of the molecule is C1=N[C@@H](COCc2ccccc2)[C@@H](OCc2ccccc2)[C@H](OCc2ccccc2)[C@H]1OCc1ccccc1. The third kappa shape index (κ3) is 8.19. The van der Waals surface area contributed by atoms with Gasteiger partial charge in [-0.15, -0.1) is 0 Å². The highest BCUT2D eigenvalue weighted by molar-refractivity contribution is 5.66. The Morgan fingerprint density at radius 1 is 0.462 bits per heavy atom. The molecule has 1 aliphatic rings. The molecule has 1 heterocycles. The third-order valence-electron chi connectivity index (χ3n) is 6.71. The fraction of sp³-hybridized carbons (Fsp3) is 0.265. The minimum Gasteiger partial charge on any atom is -0.374 e. The van der Waals surface area contributed by atoms with Gasteiger partial charge < -0.3 is 18.9 Å². The van der Waals surface area contributed by atoms with Crippen LogP contribution in [0.4, 0.5) is 0 Å². The lowest BCUT2D eigenvalue weighted by Crippen LogP contribution is -2.53. The van der Waals surface area contributed by atoms with E-state index in [4.69, 9.17) is 23.9 Å². The van der Waals surface area contributed by atoms with Gasteiger partial charge in [0.2, 0.25) is 0 Å².